The molecule has 0 saturated carbocycles. The number of aromatic nitrogens is 4. The molecule has 2 atom stereocenters. The molecule has 0 bridgehead atoms. The maximum atomic E-state index is 12.6. The average Bonchev–Trinajstić information content (AvgIpc) is 3.11. The first-order valence-electron chi connectivity index (χ1n) is 6.80. The van der Waals surface area contributed by atoms with Crippen LogP contribution in [0.15, 0.2) is 17.7 Å². The zero-order chi connectivity index (χ0) is 15.7. The van der Waals surface area contributed by atoms with Crippen molar-refractivity contribution in [1.29, 1.82) is 0 Å². The molecular formula is C13H16N4O3S2. The lowest BCUT2D eigenvalue weighted by molar-refractivity contribution is -0.157. The highest BCUT2D eigenvalue weighted by Crippen LogP contribution is 2.38. The zero-order valence-electron chi connectivity index (χ0n) is 12.2. The highest BCUT2D eigenvalue weighted by Gasteiger charge is 2.53. The largest absolute Gasteiger partial charge is 0.464 e. The molecule has 2 aromatic rings. The minimum absolute atomic E-state index is 0.260. The van der Waals surface area contributed by atoms with Crippen LogP contribution in [0.3, 0.4) is 0 Å². The van der Waals surface area contributed by atoms with Crippen molar-refractivity contribution >= 4 is 40.7 Å². The summed E-state index contributed by atoms with van der Waals surface area (Å²) in [7, 11) is 0. The first kappa shape index (κ1) is 15.6. The molecule has 1 saturated heterocycles. The number of rotatable bonds is 4. The molecule has 2 unspecified atom stereocenters. The molecule has 1 N–H and O–H groups in total. The molecule has 0 aromatic carbocycles. The summed E-state index contributed by atoms with van der Waals surface area (Å²) < 4.78 is 6.86. The van der Waals surface area contributed by atoms with Gasteiger partial charge in [0.2, 0.25) is 0 Å². The van der Waals surface area contributed by atoms with Crippen LogP contribution in [-0.4, -0.2) is 61.1 Å². The topological polar surface area (TPSA) is 90.1 Å². The number of aliphatic hydroxyl groups excluding tert-OH is 1. The van der Waals surface area contributed by atoms with Crippen LogP contribution < -0.4 is 0 Å². The molecule has 0 amide bonds. The maximum Gasteiger partial charge on any atom is 0.336 e. The van der Waals surface area contributed by atoms with Crippen molar-refractivity contribution < 1.29 is 14.6 Å². The van der Waals surface area contributed by atoms with E-state index in [4.69, 9.17) is 4.74 Å². The number of imidazole rings is 1. The summed E-state index contributed by atoms with van der Waals surface area (Å²) in [4.78, 5) is 25.4. The normalized spacial score (nSPS) is 24.8. The van der Waals surface area contributed by atoms with E-state index in [1.807, 2.05) is 6.26 Å². The van der Waals surface area contributed by atoms with E-state index in [1.165, 1.54) is 29.9 Å². The highest BCUT2D eigenvalue weighted by atomic mass is 32.2. The quantitative estimate of drug-likeness (QED) is 0.499. The highest BCUT2D eigenvalue weighted by molar-refractivity contribution is 7.99. The van der Waals surface area contributed by atoms with Crippen LogP contribution >= 0.6 is 23.5 Å². The van der Waals surface area contributed by atoms with Crippen molar-refractivity contribution in [2.75, 3.05) is 24.4 Å². The van der Waals surface area contributed by atoms with Crippen LogP contribution in [0.1, 0.15) is 6.92 Å². The molecule has 0 radical (unpaired) electrons. The fourth-order valence-corrected chi connectivity index (χ4v) is 4.46. The molecule has 0 spiro atoms. The van der Waals surface area contributed by atoms with E-state index in [0.29, 0.717) is 22.7 Å². The number of hydrogen-bond donors (Lipinski definition) is 1. The number of carbonyl (C=O) groups is 1. The molecule has 1 aliphatic heterocycles. The number of esters is 1. The van der Waals surface area contributed by atoms with Gasteiger partial charge in [-0.3, -0.25) is 4.57 Å². The van der Waals surface area contributed by atoms with Crippen LogP contribution in [0.5, 0.6) is 0 Å². The molecular weight excluding hydrogens is 324 g/mol. The zero-order valence-corrected chi connectivity index (χ0v) is 13.9. The van der Waals surface area contributed by atoms with Crippen LogP contribution in [0, 0.1) is 0 Å². The fraction of sp³-hybridized carbons (Fsp3) is 0.538. The molecule has 0 aliphatic carbocycles. The smallest absolute Gasteiger partial charge is 0.336 e. The standard InChI is InChI=1S/C13H16N4O3S2/c1-3-20-12(19)13(5-22-4-8(13)18)17-7-16-9-10(17)14-6-15-11(9)21-2/h6-8,18H,3-5H2,1-2H3. The van der Waals surface area contributed by atoms with Crippen molar-refractivity contribution in [3.8, 4) is 0 Å². The van der Waals surface area contributed by atoms with E-state index in [2.05, 4.69) is 15.0 Å². The lowest BCUT2D eigenvalue weighted by atomic mass is 9.95. The van der Waals surface area contributed by atoms with Gasteiger partial charge in [-0.05, 0) is 13.2 Å². The lowest BCUT2D eigenvalue weighted by Gasteiger charge is -2.30. The summed E-state index contributed by atoms with van der Waals surface area (Å²) in [6, 6.07) is 0. The van der Waals surface area contributed by atoms with Gasteiger partial charge in [0.05, 0.1) is 19.0 Å². The number of carbonyl (C=O) groups excluding carboxylic acids is 1. The van der Waals surface area contributed by atoms with Gasteiger partial charge in [0, 0.05) is 11.5 Å². The minimum atomic E-state index is -1.18. The Labute approximate surface area is 135 Å². The Morgan fingerprint density at radius 3 is 3.05 bits per heavy atom. The van der Waals surface area contributed by atoms with Crippen molar-refractivity contribution in [3.63, 3.8) is 0 Å². The summed E-state index contributed by atoms with van der Waals surface area (Å²) in [5.41, 5.74) is -0.0175. The number of hydrogen-bond acceptors (Lipinski definition) is 8. The molecule has 22 heavy (non-hydrogen) atoms. The van der Waals surface area contributed by atoms with Gasteiger partial charge >= 0.3 is 5.97 Å². The number of ether oxygens (including phenoxy) is 1. The maximum absolute atomic E-state index is 12.6. The second kappa shape index (κ2) is 6.05. The van der Waals surface area contributed by atoms with Crippen LogP contribution in [0.25, 0.3) is 11.2 Å². The van der Waals surface area contributed by atoms with E-state index in [9.17, 15) is 9.90 Å². The van der Waals surface area contributed by atoms with Crippen molar-refractivity contribution in [3.05, 3.63) is 12.7 Å². The van der Waals surface area contributed by atoms with E-state index in [0.717, 1.165) is 5.03 Å². The van der Waals surface area contributed by atoms with E-state index >= 15 is 0 Å². The number of aliphatic hydroxyl groups is 1. The molecule has 3 rings (SSSR count). The Hall–Kier alpha value is -1.32. The van der Waals surface area contributed by atoms with E-state index in [1.54, 1.807) is 17.8 Å². The SMILES string of the molecule is CCOC(=O)C1(n2cnc3c(SC)ncnc32)CSCC1O. The second-order valence-electron chi connectivity index (χ2n) is 4.85. The van der Waals surface area contributed by atoms with Gasteiger partial charge < -0.3 is 9.84 Å². The lowest BCUT2D eigenvalue weighted by Crippen LogP contribution is -2.51. The summed E-state index contributed by atoms with van der Waals surface area (Å²) >= 11 is 2.97. The van der Waals surface area contributed by atoms with Crippen molar-refractivity contribution in [2.24, 2.45) is 0 Å². The Morgan fingerprint density at radius 1 is 1.59 bits per heavy atom. The number of fused-ring (bicyclic) bond motifs is 1. The molecule has 1 aliphatic rings. The molecule has 2 aromatic heterocycles. The Kier molecular flexibility index (Phi) is 4.28. The Balaban J connectivity index is 2.19. The van der Waals surface area contributed by atoms with Crippen LogP contribution in [0.4, 0.5) is 0 Å². The van der Waals surface area contributed by atoms with Crippen molar-refractivity contribution in [1.82, 2.24) is 19.5 Å². The van der Waals surface area contributed by atoms with E-state index in [-0.39, 0.29) is 6.61 Å². The Morgan fingerprint density at radius 2 is 2.41 bits per heavy atom. The predicted octanol–water partition coefficient (Wildman–Crippen LogP) is 0.914. The summed E-state index contributed by atoms with van der Waals surface area (Å²) in [5.74, 6) is 0.451. The van der Waals surface area contributed by atoms with Gasteiger partial charge in [0.25, 0.3) is 0 Å². The predicted molar refractivity (Wildman–Crippen MR) is 85.0 cm³/mol. The minimum Gasteiger partial charge on any atom is -0.464 e. The summed E-state index contributed by atoms with van der Waals surface area (Å²) in [6.45, 7) is 2.01. The van der Waals surface area contributed by atoms with Gasteiger partial charge in [-0.15, -0.1) is 11.8 Å². The van der Waals surface area contributed by atoms with Crippen LogP contribution in [0.2, 0.25) is 0 Å². The third-order valence-electron chi connectivity index (χ3n) is 3.70. The van der Waals surface area contributed by atoms with Crippen LogP contribution in [-0.2, 0) is 15.1 Å². The monoisotopic (exact) mass is 340 g/mol. The molecule has 7 nitrogen and oxygen atoms in total. The first-order valence-corrected chi connectivity index (χ1v) is 9.18. The van der Waals surface area contributed by atoms with E-state index < -0.39 is 17.6 Å². The summed E-state index contributed by atoms with van der Waals surface area (Å²) in [5, 5.41) is 11.2. The molecule has 1 fully saturated rings. The first-order chi connectivity index (χ1) is 10.6. The van der Waals surface area contributed by atoms with Gasteiger partial charge in [0.1, 0.15) is 16.9 Å². The average molecular weight is 340 g/mol. The second-order valence-corrected chi connectivity index (χ2v) is 6.67. The molecule has 9 heteroatoms. The fourth-order valence-electron chi connectivity index (χ4n) is 2.59. The van der Waals surface area contributed by atoms with Gasteiger partial charge in [-0.2, -0.15) is 11.8 Å². The van der Waals surface area contributed by atoms with Gasteiger partial charge in [-0.1, -0.05) is 0 Å². The third-order valence-corrected chi connectivity index (χ3v) is 5.58. The Bertz CT molecular complexity index is 708. The third kappa shape index (κ3) is 2.19. The summed E-state index contributed by atoms with van der Waals surface area (Å²) in [6.07, 6.45) is 4.05. The molecule has 3 heterocycles. The molecule has 118 valence electrons. The van der Waals surface area contributed by atoms with Crippen molar-refractivity contribution in [2.45, 2.75) is 23.6 Å². The van der Waals surface area contributed by atoms with Gasteiger partial charge in [-0.25, -0.2) is 19.7 Å². The number of thioether (sulfide) groups is 2. The van der Waals surface area contributed by atoms with Gasteiger partial charge in [0.15, 0.2) is 11.2 Å². The number of nitrogens with zero attached hydrogens (tertiary/aromatic N) is 4.